The van der Waals surface area contributed by atoms with Gasteiger partial charge in [0, 0.05) is 12.5 Å². The predicted molar refractivity (Wildman–Crippen MR) is 87.5 cm³/mol. The van der Waals surface area contributed by atoms with Crippen molar-refractivity contribution in [3.8, 4) is 23.0 Å². The summed E-state index contributed by atoms with van der Waals surface area (Å²) < 4.78 is 21.9. The largest absolute Gasteiger partial charge is 0.497 e. The van der Waals surface area contributed by atoms with E-state index in [2.05, 4.69) is 17.4 Å². The second kappa shape index (κ2) is 7.24. The van der Waals surface area contributed by atoms with Gasteiger partial charge in [-0.05, 0) is 36.9 Å². The van der Waals surface area contributed by atoms with E-state index in [9.17, 15) is 0 Å². The third kappa shape index (κ3) is 3.51. The maximum absolute atomic E-state index is 5.88. The summed E-state index contributed by atoms with van der Waals surface area (Å²) in [6.45, 7) is 0.831. The quantitative estimate of drug-likeness (QED) is 0.850. The monoisotopic (exact) mass is 315 g/mol. The normalized spacial score (nSPS) is 13.7. The molecule has 3 rings (SSSR count). The van der Waals surface area contributed by atoms with Gasteiger partial charge in [-0.2, -0.15) is 0 Å². The third-order valence-electron chi connectivity index (χ3n) is 3.89. The van der Waals surface area contributed by atoms with Gasteiger partial charge < -0.3 is 24.3 Å². The maximum atomic E-state index is 5.88. The summed E-state index contributed by atoms with van der Waals surface area (Å²) >= 11 is 0. The Labute approximate surface area is 136 Å². The van der Waals surface area contributed by atoms with Crippen molar-refractivity contribution in [1.29, 1.82) is 0 Å². The molecule has 122 valence electrons. The number of hydrogen-bond acceptors (Lipinski definition) is 5. The van der Waals surface area contributed by atoms with E-state index >= 15 is 0 Å². The zero-order valence-corrected chi connectivity index (χ0v) is 13.4. The molecule has 1 heterocycles. The van der Waals surface area contributed by atoms with E-state index in [1.807, 2.05) is 37.4 Å². The van der Waals surface area contributed by atoms with Gasteiger partial charge >= 0.3 is 0 Å². The maximum Gasteiger partial charge on any atom is 0.231 e. The number of methoxy groups -OCH3 is 1. The Morgan fingerprint density at radius 1 is 1.13 bits per heavy atom. The molecule has 0 aliphatic carbocycles. The number of rotatable bonds is 7. The van der Waals surface area contributed by atoms with Crippen LogP contribution in [0, 0.1) is 0 Å². The molecule has 1 unspecified atom stereocenters. The average Bonchev–Trinajstić information content (AvgIpc) is 3.08. The van der Waals surface area contributed by atoms with Crippen LogP contribution < -0.4 is 24.3 Å². The van der Waals surface area contributed by atoms with Crippen LogP contribution in [0.1, 0.15) is 18.0 Å². The molecule has 0 bridgehead atoms. The van der Waals surface area contributed by atoms with Crippen molar-refractivity contribution >= 4 is 0 Å². The van der Waals surface area contributed by atoms with Crippen LogP contribution in [0.5, 0.6) is 23.0 Å². The number of ether oxygens (including phenoxy) is 4. The molecule has 0 aromatic heterocycles. The highest BCUT2D eigenvalue weighted by atomic mass is 16.7. The molecular weight excluding hydrogens is 294 g/mol. The summed E-state index contributed by atoms with van der Waals surface area (Å²) in [5, 5.41) is 3.32. The molecule has 1 aliphatic heterocycles. The highest BCUT2D eigenvalue weighted by Crippen LogP contribution is 2.40. The van der Waals surface area contributed by atoms with E-state index < -0.39 is 0 Å². The van der Waals surface area contributed by atoms with Crippen molar-refractivity contribution in [2.75, 3.05) is 27.6 Å². The lowest BCUT2D eigenvalue weighted by atomic mass is 10.0. The lowest BCUT2D eigenvalue weighted by Gasteiger charge is -2.17. The lowest BCUT2D eigenvalue weighted by Crippen LogP contribution is -2.19. The summed E-state index contributed by atoms with van der Waals surface area (Å²) in [5.74, 6) is 3.02. The Morgan fingerprint density at radius 3 is 2.70 bits per heavy atom. The Hall–Kier alpha value is -2.40. The first-order valence-electron chi connectivity index (χ1n) is 7.64. The van der Waals surface area contributed by atoms with Gasteiger partial charge in [-0.25, -0.2) is 0 Å². The van der Waals surface area contributed by atoms with Crippen LogP contribution in [0.2, 0.25) is 0 Å². The average molecular weight is 315 g/mol. The zero-order chi connectivity index (χ0) is 16.1. The number of para-hydroxylation sites is 1. The van der Waals surface area contributed by atoms with E-state index in [-0.39, 0.29) is 12.8 Å². The van der Waals surface area contributed by atoms with Crippen molar-refractivity contribution < 1.29 is 18.9 Å². The first-order valence-corrected chi connectivity index (χ1v) is 7.64. The van der Waals surface area contributed by atoms with Crippen LogP contribution >= 0.6 is 0 Å². The van der Waals surface area contributed by atoms with Gasteiger partial charge in [0.25, 0.3) is 0 Å². The summed E-state index contributed by atoms with van der Waals surface area (Å²) in [6, 6.07) is 14.0. The Kier molecular flexibility index (Phi) is 4.88. The molecule has 0 fully saturated rings. The van der Waals surface area contributed by atoms with E-state index in [1.54, 1.807) is 7.11 Å². The van der Waals surface area contributed by atoms with Crippen molar-refractivity contribution in [3.05, 3.63) is 48.0 Å². The summed E-state index contributed by atoms with van der Waals surface area (Å²) in [6.07, 6.45) is 0.841. The van der Waals surface area contributed by atoms with Crippen LogP contribution in [0.15, 0.2) is 42.5 Å². The Bertz CT molecular complexity index is 642. The highest BCUT2D eigenvalue weighted by Gasteiger charge is 2.18. The number of hydrogen-bond donors (Lipinski definition) is 1. The van der Waals surface area contributed by atoms with Crippen LogP contribution in [0.4, 0.5) is 0 Å². The molecule has 0 saturated carbocycles. The standard InChI is InChI=1S/C18H21NO4/c1-19-15(13-6-8-14(20-2)9-7-13)10-11-21-16-4-3-5-17-18(16)23-12-22-17/h3-9,15,19H,10-12H2,1-2H3. The lowest BCUT2D eigenvalue weighted by molar-refractivity contribution is 0.169. The van der Waals surface area contributed by atoms with E-state index in [0.717, 1.165) is 23.7 Å². The number of benzene rings is 2. The topological polar surface area (TPSA) is 49.0 Å². The molecule has 1 N–H and O–H groups in total. The van der Waals surface area contributed by atoms with Gasteiger partial charge in [-0.1, -0.05) is 18.2 Å². The minimum atomic E-state index is 0.217. The minimum Gasteiger partial charge on any atom is -0.497 e. The van der Waals surface area contributed by atoms with Gasteiger partial charge in [-0.15, -0.1) is 0 Å². The van der Waals surface area contributed by atoms with Crippen LogP contribution in [-0.4, -0.2) is 27.6 Å². The van der Waals surface area contributed by atoms with E-state index in [0.29, 0.717) is 12.4 Å². The van der Waals surface area contributed by atoms with Crippen molar-refractivity contribution in [3.63, 3.8) is 0 Å². The summed E-state index contributed by atoms with van der Waals surface area (Å²) in [4.78, 5) is 0. The molecule has 5 nitrogen and oxygen atoms in total. The predicted octanol–water partition coefficient (Wildman–Crippen LogP) is 3.15. The fourth-order valence-corrected chi connectivity index (χ4v) is 2.62. The van der Waals surface area contributed by atoms with Crippen molar-refractivity contribution in [1.82, 2.24) is 5.32 Å². The van der Waals surface area contributed by atoms with Gasteiger partial charge in [0.2, 0.25) is 12.5 Å². The van der Waals surface area contributed by atoms with E-state index in [4.69, 9.17) is 18.9 Å². The van der Waals surface area contributed by atoms with Gasteiger partial charge in [0.1, 0.15) is 5.75 Å². The molecule has 2 aromatic carbocycles. The molecule has 0 spiro atoms. The molecule has 1 aliphatic rings. The van der Waals surface area contributed by atoms with Gasteiger partial charge in [-0.3, -0.25) is 0 Å². The fourth-order valence-electron chi connectivity index (χ4n) is 2.62. The molecule has 0 saturated heterocycles. The fraction of sp³-hybridized carbons (Fsp3) is 0.333. The van der Waals surface area contributed by atoms with Crippen LogP contribution in [0.3, 0.4) is 0 Å². The van der Waals surface area contributed by atoms with Gasteiger partial charge in [0.15, 0.2) is 11.5 Å². The number of nitrogens with one attached hydrogen (secondary N) is 1. The third-order valence-corrected chi connectivity index (χ3v) is 3.89. The SMILES string of the molecule is CNC(CCOc1cccc2c1OCO2)c1ccc(OC)cc1. The highest BCUT2D eigenvalue weighted by molar-refractivity contribution is 5.52. The first-order chi connectivity index (χ1) is 11.3. The molecule has 2 aromatic rings. The molecule has 23 heavy (non-hydrogen) atoms. The van der Waals surface area contributed by atoms with E-state index in [1.165, 1.54) is 5.56 Å². The molecule has 5 heteroatoms. The second-order valence-corrected chi connectivity index (χ2v) is 5.24. The molecular formula is C18H21NO4. The van der Waals surface area contributed by atoms with Crippen molar-refractivity contribution in [2.24, 2.45) is 0 Å². The molecule has 0 radical (unpaired) electrons. The van der Waals surface area contributed by atoms with Crippen molar-refractivity contribution in [2.45, 2.75) is 12.5 Å². The smallest absolute Gasteiger partial charge is 0.231 e. The Balaban J connectivity index is 1.59. The van der Waals surface area contributed by atoms with Crippen LogP contribution in [-0.2, 0) is 0 Å². The molecule has 1 atom stereocenters. The summed E-state index contributed by atoms with van der Waals surface area (Å²) in [7, 11) is 3.62. The second-order valence-electron chi connectivity index (χ2n) is 5.24. The van der Waals surface area contributed by atoms with Crippen LogP contribution in [0.25, 0.3) is 0 Å². The number of fused-ring (bicyclic) bond motifs is 1. The Morgan fingerprint density at radius 2 is 1.96 bits per heavy atom. The molecule has 0 amide bonds. The zero-order valence-electron chi connectivity index (χ0n) is 13.4. The van der Waals surface area contributed by atoms with Gasteiger partial charge in [0.05, 0.1) is 13.7 Å². The summed E-state index contributed by atoms with van der Waals surface area (Å²) in [5.41, 5.74) is 1.20. The first kappa shape index (κ1) is 15.5. The minimum absolute atomic E-state index is 0.217.